The van der Waals surface area contributed by atoms with E-state index >= 15 is 0 Å². The van der Waals surface area contributed by atoms with Crippen molar-refractivity contribution in [2.45, 2.75) is 6.23 Å². The molecule has 0 aliphatic carbocycles. The highest BCUT2D eigenvalue weighted by Crippen LogP contribution is 2.24. The number of aliphatic hydroxyl groups is 1. The Labute approximate surface area is 195 Å². The zero-order valence-corrected chi connectivity index (χ0v) is 18.3. The average Bonchev–Trinajstić information content (AvgIpc) is 3.27. The fourth-order valence-corrected chi connectivity index (χ4v) is 4.04. The second-order valence-corrected chi connectivity index (χ2v) is 8.25. The molecule has 2 aromatic heterocycles. The van der Waals surface area contributed by atoms with Gasteiger partial charge in [0.2, 0.25) is 6.23 Å². The number of hydrogen-bond donors (Lipinski definition) is 3. The molecule has 0 radical (unpaired) electrons. The fourth-order valence-electron chi connectivity index (χ4n) is 4.04. The van der Waals surface area contributed by atoms with Crippen molar-refractivity contribution in [1.29, 1.82) is 5.26 Å². The van der Waals surface area contributed by atoms with E-state index in [0.717, 1.165) is 24.3 Å². The van der Waals surface area contributed by atoms with Crippen LogP contribution in [0.4, 0.5) is 5.69 Å². The zero-order chi connectivity index (χ0) is 23.7. The first-order valence-electron chi connectivity index (χ1n) is 11.0. The number of carbonyl (C=O) groups excluding carboxylic acids is 2. The number of benzene rings is 1. The van der Waals surface area contributed by atoms with Crippen LogP contribution in [0.25, 0.3) is 22.4 Å². The number of morpholine rings is 1. The number of nitriles is 1. The summed E-state index contributed by atoms with van der Waals surface area (Å²) in [5, 5.41) is 21.3. The summed E-state index contributed by atoms with van der Waals surface area (Å²) in [5.41, 5.74) is 3.46. The lowest BCUT2D eigenvalue weighted by molar-refractivity contribution is -0.146. The van der Waals surface area contributed by atoms with E-state index in [0.29, 0.717) is 30.1 Å². The highest BCUT2D eigenvalue weighted by Gasteiger charge is 2.34. The van der Waals surface area contributed by atoms with Gasteiger partial charge in [-0.15, -0.1) is 0 Å². The van der Waals surface area contributed by atoms with Crippen LogP contribution in [-0.4, -0.2) is 82.4 Å². The summed E-state index contributed by atoms with van der Waals surface area (Å²) < 4.78 is 5.40. The number of aliphatic hydroxyl groups excluding tert-OH is 1. The summed E-state index contributed by atoms with van der Waals surface area (Å²) >= 11 is 0. The molecule has 0 unspecified atom stereocenters. The number of ether oxygens (including phenoxy) is 1. The van der Waals surface area contributed by atoms with Crippen molar-refractivity contribution in [3.63, 3.8) is 0 Å². The van der Waals surface area contributed by atoms with E-state index in [1.165, 1.54) is 11.1 Å². The number of amides is 2. The molecule has 174 valence electrons. The number of nitrogens with zero attached hydrogens (tertiary/aromatic N) is 5. The number of likely N-dealkylation sites (tertiary alicyclic amines) is 1. The van der Waals surface area contributed by atoms with Gasteiger partial charge >= 0.3 is 0 Å². The molecule has 11 nitrogen and oxygen atoms in total. The summed E-state index contributed by atoms with van der Waals surface area (Å²) in [5.74, 6) is -1.54. The molecule has 1 aromatic carbocycles. The topological polar surface area (TPSA) is 147 Å². The van der Waals surface area contributed by atoms with Crippen LogP contribution >= 0.6 is 0 Å². The van der Waals surface area contributed by atoms with Crippen LogP contribution in [0.3, 0.4) is 0 Å². The number of aromatic nitrogens is 3. The minimum atomic E-state index is -1.71. The molecule has 0 saturated carbocycles. The standard InChI is InChI=1S/C23H23N7O4/c24-9-14-12-30(13-14)23(33)22(32)28-21(31)17-10-25-20-19(17)27-18(11-26-20)15-1-3-16(4-2-15)29-5-7-34-8-6-29/h1-4,10-11,14,22,32H,5-8,12-13H2,(H,25,26)(H,28,31)/t22-/m1/s1. The van der Waals surface area contributed by atoms with E-state index in [1.807, 2.05) is 24.3 Å². The van der Waals surface area contributed by atoms with E-state index in [2.05, 4.69) is 31.2 Å². The van der Waals surface area contributed by atoms with Gasteiger partial charge in [-0.25, -0.2) is 9.97 Å². The molecule has 3 N–H and O–H groups in total. The van der Waals surface area contributed by atoms with Gasteiger partial charge in [-0.3, -0.25) is 9.59 Å². The number of H-pyrrole nitrogens is 1. The van der Waals surface area contributed by atoms with Crippen LogP contribution in [0.1, 0.15) is 10.4 Å². The van der Waals surface area contributed by atoms with E-state index < -0.39 is 18.0 Å². The normalized spacial score (nSPS) is 17.2. The van der Waals surface area contributed by atoms with Crippen LogP contribution in [0.5, 0.6) is 0 Å². The largest absolute Gasteiger partial charge is 0.378 e. The van der Waals surface area contributed by atoms with Gasteiger partial charge in [0.05, 0.1) is 42.7 Å². The van der Waals surface area contributed by atoms with Gasteiger partial charge in [-0.2, -0.15) is 5.26 Å². The first-order chi connectivity index (χ1) is 16.5. The van der Waals surface area contributed by atoms with Gasteiger partial charge in [0.25, 0.3) is 11.8 Å². The predicted molar refractivity (Wildman–Crippen MR) is 122 cm³/mol. The Balaban J connectivity index is 1.31. The van der Waals surface area contributed by atoms with Crippen LogP contribution in [0.15, 0.2) is 36.7 Å². The monoisotopic (exact) mass is 461 g/mol. The Kier molecular flexibility index (Phi) is 5.83. The Morgan fingerprint density at radius 1 is 1.24 bits per heavy atom. The maximum absolute atomic E-state index is 12.8. The highest BCUT2D eigenvalue weighted by molar-refractivity contribution is 6.06. The van der Waals surface area contributed by atoms with Gasteiger partial charge in [0.15, 0.2) is 5.65 Å². The third-order valence-corrected chi connectivity index (χ3v) is 6.04. The van der Waals surface area contributed by atoms with Crippen molar-refractivity contribution in [2.75, 3.05) is 44.3 Å². The molecule has 3 aromatic rings. The number of rotatable bonds is 5. The summed E-state index contributed by atoms with van der Waals surface area (Å²) in [6.07, 6.45) is 1.36. The van der Waals surface area contributed by atoms with Crippen molar-refractivity contribution >= 4 is 28.7 Å². The smallest absolute Gasteiger partial charge is 0.272 e. The quantitative estimate of drug-likeness (QED) is 0.465. The van der Waals surface area contributed by atoms with Gasteiger partial charge in [-0.05, 0) is 12.1 Å². The minimum absolute atomic E-state index is 0.166. The SMILES string of the molecule is N#CC1CN(C(=O)[C@@H](O)NC(=O)c2c[nH]c3ncc(-c4ccc(N5CCOCC5)cc4)nc23)C1. The molecular formula is C23H23N7O4. The molecule has 2 fully saturated rings. The second kappa shape index (κ2) is 9.09. The van der Waals surface area contributed by atoms with Gasteiger partial charge in [-0.1, -0.05) is 12.1 Å². The maximum atomic E-state index is 12.8. The van der Waals surface area contributed by atoms with Crippen LogP contribution in [0, 0.1) is 17.2 Å². The van der Waals surface area contributed by atoms with Crippen LogP contribution < -0.4 is 10.2 Å². The number of carbonyl (C=O) groups is 2. The molecule has 2 amide bonds. The number of nitrogens with one attached hydrogen (secondary N) is 2. The van der Waals surface area contributed by atoms with Crippen LogP contribution in [0.2, 0.25) is 0 Å². The Hall–Kier alpha value is -4.01. The van der Waals surface area contributed by atoms with Gasteiger partial charge < -0.3 is 29.9 Å². The number of fused-ring (bicyclic) bond motifs is 1. The summed E-state index contributed by atoms with van der Waals surface area (Å²) in [6, 6.07) is 10.0. The van der Waals surface area contributed by atoms with E-state index in [1.54, 1.807) is 6.20 Å². The molecule has 0 spiro atoms. The summed E-state index contributed by atoms with van der Waals surface area (Å²) in [7, 11) is 0. The predicted octanol–water partition coefficient (Wildman–Crippen LogP) is 0.492. The Morgan fingerprint density at radius 2 is 1.97 bits per heavy atom. The van der Waals surface area contributed by atoms with Crippen LogP contribution in [-0.2, 0) is 9.53 Å². The Bertz CT molecular complexity index is 1250. The van der Waals surface area contributed by atoms with Crippen molar-refractivity contribution < 1.29 is 19.4 Å². The minimum Gasteiger partial charge on any atom is -0.378 e. The molecule has 11 heteroatoms. The fraction of sp³-hybridized carbons (Fsp3) is 0.348. The van der Waals surface area contributed by atoms with Crippen molar-refractivity contribution in [2.24, 2.45) is 5.92 Å². The summed E-state index contributed by atoms with van der Waals surface area (Å²) in [6.45, 7) is 3.60. The molecule has 0 bridgehead atoms. The van der Waals surface area contributed by atoms with E-state index in [-0.39, 0.29) is 24.6 Å². The van der Waals surface area contributed by atoms with Gasteiger partial charge in [0, 0.05) is 43.6 Å². The Morgan fingerprint density at radius 3 is 2.68 bits per heavy atom. The molecule has 4 heterocycles. The molecule has 2 aliphatic heterocycles. The third-order valence-electron chi connectivity index (χ3n) is 6.04. The molecular weight excluding hydrogens is 438 g/mol. The molecule has 2 aliphatic rings. The lowest BCUT2D eigenvalue weighted by atomic mass is 10.0. The summed E-state index contributed by atoms with van der Waals surface area (Å²) in [4.78, 5) is 40.4. The number of hydrogen-bond acceptors (Lipinski definition) is 8. The second-order valence-electron chi connectivity index (χ2n) is 8.25. The number of aromatic amines is 1. The van der Waals surface area contributed by atoms with Gasteiger partial charge in [0.1, 0.15) is 5.52 Å². The first kappa shape index (κ1) is 21.8. The lowest BCUT2D eigenvalue weighted by Crippen LogP contribution is -2.56. The molecule has 5 rings (SSSR count). The van der Waals surface area contributed by atoms with E-state index in [9.17, 15) is 14.7 Å². The average molecular weight is 461 g/mol. The number of anilines is 1. The van der Waals surface area contributed by atoms with Crippen molar-refractivity contribution in [1.82, 2.24) is 25.2 Å². The van der Waals surface area contributed by atoms with E-state index in [4.69, 9.17) is 10.00 Å². The molecule has 34 heavy (non-hydrogen) atoms. The third kappa shape index (κ3) is 4.16. The molecule has 2 saturated heterocycles. The maximum Gasteiger partial charge on any atom is 0.272 e. The molecule has 1 atom stereocenters. The highest BCUT2D eigenvalue weighted by atomic mass is 16.5. The zero-order valence-electron chi connectivity index (χ0n) is 18.3. The first-order valence-corrected chi connectivity index (χ1v) is 11.0. The van der Waals surface area contributed by atoms with Crippen molar-refractivity contribution in [3.8, 4) is 17.3 Å². The van der Waals surface area contributed by atoms with Crippen molar-refractivity contribution in [3.05, 3.63) is 42.2 Å². The lowest BCUT2D eigenvalue weighted by Gasteiger charge is -2.36.